The summed E-state index contributed by atoms with van der Waals surface area (Å²) in [5.41, 5.74) is 1.66. The number of fused-ring (bicyclic) bond motifs is 1. The highest BCUT2D eigenvalue weighted by Gasteiger charge is 2.35. The van der Waals surface area contributed by atoms with Crippen LogP contribution in [0.5, 0.6) is 17.2 Å². The average molecular weight is 904 g/mol. The smallest absolute Gasteiger partial charge is 0.417 e. The van der Waals surface area contributed by atoms with Crippen LogP contribution < -0.4 is 19.1 Å². The van der Waals surface area contributed by atoms with Crippen LogP contribution in [0.15, 0.2) is 114 Å². The molecule has 5 aromatic carbocycles. The molecule has 0 radical (unpaired) electrons. The van der Waals surface area contributed by atoms with Crippen molar-refractivity contribution in [2.75, 3.05) is 50.9 Å². The van der Waals surface area contributed by atoms with Crippen LogP contribution in [0.25, 0.3) is 22.0 Å². The zero-order chi connectivity index (χ0) is 44.3. The number of hydrogen-bond acceptors (Lipinski definition) is 10. The summed E-state index contributed by atoms with van der Waals surface area (Å²) in [5, 5.41) is 12.5. The molecule has 2 fully saturated rings. The normalized spacial score (nSPS) is 15.3. The maximum atomic E-state index is 13.9. The van der Waals surface area contributed by atoms with Crippen LogP contribution in [0.1, 0.15) is 34.3 Å². The number of carbonyl (C=O) groups excluding carboxylic acids is 1. The Kier molecular flexibility index (Phi) is 12.6. The third kappa shape index (κ3) is 10.1. The summed E-state index contributed by atoms with van der Waals surface area (Å²) in [6.45, 7) is 3.71. The minimum Gasteiger partial charge on any atom is -0.487 e. The Hall–Kier alpha value is -6.14. The third-order valence-electron chi connectivity index (χ3n) is 11.2. The standard InChI is InChI=1S/C45H41ClF3N5O8S/c46-39-23-32(37(26-38(39)45(47,48)49)30-4-2-1-3-5-30)27-52-16-18-53(19-17-52)33-6-9-36(43(24-33)62-34-7-10-40-31(22-34)12-15-50-40)44(55)51-63(58,59)35-8-11-42(41(25-35)54(56)57)61-28-29-13-20-60-21-14-29/h1-12,15,22-26,29,50H,13-14,16-21,27-28H2,(H,51,55). The van der Waals surface area contributed by atoms with Gasteiger partial charge in [-0.3, -0.25) is 19.8 Å². The lowest BCUT2D eigenvalue weighted by atomic mass is 9.96. The van der Waals surface area contributed by atoms with Crippen LogP contribution in [0.4, 0.5) is 24.5 Å². The number of halogens is 4. The number of piperazine rings is 1. The summed E-state index contributed by atoms with van der Waals surface area (Å²) in [4.78, 5) is 31.9. The highest BCUT2D eigenvalue weighted by Crippen LogP contribution is 2.40. The Labute approximate surface area is 365 Å². The van der Waals surface area contributed by atoms with Crippen LogP contribution >= 0.6 is 11.6 Å². The van der Waals surface area contributed by atoms with E-state index in [9.17, 15) is 36.5 Å². The molecule has 8 rings (SSSR count). The second-order valence-electron chi connectivity index (χ2n) is 15.3. The van der Waals surface area contributed by atoms with E-state index in [2.05, 4.69) is 14.8 Å². The molecule has 0 saturated carbocycles. The van der Waals surface area contributed by atoms with E-state index in [0.29, 0.717) is 74.1 Å². The lowest BCUT2D eigenvalue weighted by Gasteiger charge is -2.36. The van der Waals surface area contributed by atoms with Crippen molar-refractivity contribution in [3.8, 4) is 28.4 Å². The zero-order valence-electron chi connectivity index (χ0n) is 33.6. The van der Waals surface area contributed by atoms with Gasteiger partial charge >= 0.3 is 11.9 Å². The second-order valence-corrected chi connectivity index (χ2v) is 17.4. The van der Waals surface area contributed by atoms with Crippen molar-refractivity contribution in [1.82, 2.24) is 14.6 Å². The molecule has 328 valence electrons. The fourth-order valence-electron chi connectivity index (χ4n) is 7.74. The van der Waals surface area contributed by atoms with Crippen LogP contribution in [-0.2, 0) is 27.5 Å². The third-order valence-corrected chi connectivity index (χ3v) is 12.8. The lowest BCUT2D eigenvalue weighted by Crippen LogP contribution is -2.46. The molecule has 2 saturated heterocycles. The number of nitrogens with one attached hydrogen (secondary N) is 2. The number of rotatable bonds is 13. The Morgan fingerprint density at radius 1 is 0.921 bits per heavy atom. The number of nitrogens with zero attached hydrogens (tertiary/aromatic N) is 3. The number of sulfonamides is 1. The number of aromatic amines is 1. The molecule has 0 atom stereocenters. The topological polar surface area (TPSA) is 156 Å². The van der Waals surface area contributed by atoms with E-state index in [-0.39, 0.29) is 34.6 Å². The SMILES string of the molecule is O=C(NS(=O)(=O)c1ccc(OCC2CCOCC2)c([N+](=O)[O-])c1)c1ccc(N2CCN(Cc3cc(Cl)c(C(F)(F)F)cc3-c3ccccc3)CC2)cc1Oc1ccc2[nH]ccc2c1. The summed E-state index contributed by atoms with van der Waals surface area (Å²) in [5.74, 6) is -0.571. The maximum absolute atomic E-state index is 13.9. The van der Waals surface area contributed by atoms with Gasteiger partial charge in [0.1, 0.15) is 11.5 Å². The largest absolute Gasteiger partial charge is 0.487 e. The number of hydrogen-bond donors (Lipinski definition) is 2. The molecule has 1 amide bonds. The first-order valence-electron chi connectivity index (χ1n) is 20.1. The molecule has 13 nitrogen and oxygen atoms in total. The number of H-pyrrole nitrogens is 1. The first-order chi connectivity index (χ1) is 30.2. The van der Waals surface area contributed by atoms with Gasteiger partial charge < -0.3 is 24.1 Å². The van der Waals surface area contributed by atoms with E-state index in [0.717, 1.165) is 41.9 Å². The average Bonchev–Trinajstić information content (AvgIpc) is 3.74. The van der Waals surface area contributed by atoms with Crippen LogP contribution in [0, 0.1) is 16.0 Å². The molecule has 2 N–H and O–H groups in total. The van der Waals surface area contributed by atoms with Gasteiger partial charge in [-0.25, -0.2) is 13.1 Å². The molecule has 0 spiro atoms. The summed E-state index contributed by atoms with van der Waals surface area (Å²) in [7, 11) is -4.64. The van der Waals surface area contributed by atoms with Crippen molar-refractivity contribution in [1.29, 1.82) is 0 Å². The second kappa shape index (κ2) is 18.3. The molecule has 2 aliphatic rings. The monoisotopic (exact) mass is 903 g/mol. The molecule has 0 bridgehead atoms. The maximum Gasteiger partial charge on any atom is 0.417 e. The summed E-state index contributed by atoms with van der Waals surface area (Å²) in [6, 6.07) is 26.4. The molecule has 3 heterocycles. The van der Waals surface area contributed by atoms with Gasteiger partial charge in [0.05, 0.1) is 32.6 Å². The number of ether oxygens (including phenoxy) is 3. The number of carbonyl (C=O) groups is 1. The van der Waals surface area contributed by atoms with Crippen molar-refractivity contribution < 1.29 is 45.5 Å². The van der Waals surface area contributed by atoms with Gasteiger partial charge in [0.15, 0.2) is 5.75 Å². The lowest BCUT2D eigenvalue weighted by molar-refractivity contribution is -0.386. The molecular formula is C45H41ClF3N5O8S. The van der Waals surface area contributed by atoms with Crippen LogP contribution in [0.3, 0.4) is 0 Å². The Morgan fingerprint density at radius 3 is 2.41 bits per heavy atom. The number of nitro benzene ring substituents is 1. The van der Waals surface area contributed by atoms with Gasteiger partial charge in [0.25, 0.3) is 15.9 Å². The Morgan fingerprint density at radius 2 is 1.68 bits per heavy atom. The number of alkyl halides is 3. The molecule has 0 unspecified atom stereocenters. The molecule has 18 heteroatoms. The highest BCUT2D eigenvalue weighted by atomic mass is 35.5. The molecule has 0 aliphatic carbocycles. The predicted molar refractivity (Wildman–Crippen MR) is 231 cm³/mol. The van der Waals surface area contributed by atoms with Crippen molar-refractivity contribution in [2.45, 2.75) is 30.5 Å². The minimum absolute atomic E-state index is 0.0484. The van der Waals surface area contributed by atoms with Gasteiger partial charge in [-0.05, 0) is 96.1 Å². The van der Waals surface area contributed by atoms with Gasteiger partial charge in [-0.1, -0.05) is 41.9 Å². The predicted octanol–water partition coefficient (Wildman–Crippen LogP) is 9.45. The first kappa shape index (κ1) is 43.5. The highest BCUT2D eigenvalue weighted by molar-refractivity contribution is 7.90. The van der Waals surface area contributed by atoms with Gasteiger partial charge in [0.2, 0.25) is 0 Å². The quantitative estimate of drug-likeness (QED) is 0.0846. The molecule has 63 heavy (non-hydrogen) atoms. The van der Waals surface area contributed by atoms with Crippen molar-refractivity contribution in [3.63, 3.8) is 0 Å². The number of aromatic nitrogens is 1. The van der Waals surface area contributed by atoms with Gasteiger partial charge in [0, 0.05) is 80.9 Å². The number of benzene rings is 5. The Balaban J connectivity index is 1.02. The molecular weight excluding hydrogens is 863 g/mol. The number of amides is 1. The Bertz CT molecular complexity index is 2760. The fraction of sp³-hybridized carbons (Fsp3) is 0.267. The number of anilines is 1. The van der Waals surface area contributed by atoms with E-state index in [4.69, 9.17) is 25.8 Å². The molecule has 2 aliphatic heterocycles. The van der Waals surface area contributed by atoms with E-state index < -0.39 is 43.2 Å². The zero-order valence-corrected chi connectivity index (χ0v) is 35.1. The molecule has 6 aromatic rings. The summed E-state index contributed by atoms with van der Waals surface area (Å²) >= 11 is 6.19. The summed E-state index contributed by atoms with van der Waals surface area (Å²) < 4.78 is 88.3. The fourth-order valence-corrected chi connectivity index (χ4v) is 9.02. The van der Waals surface area contributed by atoms with E-state index in [1.165, 1.54) is 18.2 Å². The van der Waals surface area contributed by atoms with Crippen molar-refractivity contribution in [2.24, 2.45) is 5.92 Å². The first-order valence-corrected chi connectivity index (χ1v) is 22.0. The van der Waals surface area contributed by atoms with Crippen molar-refractivity contribution >= 4 is 49.8 Å². The minimum atomic E-state index is -4.64. The molecule has 1 aromatic heterocycles. The van der Waals surface area contributed by atoms with Gasteiger partial charge in [-0.15, -0.1) is 0 Å². The van der Waals surface area contributed by atoms with E-state index in [1.54, 1.807) is 66.9 Å². The van der Waals surface area contributed by atoms with E-state index >= 15 is 0 Å². The van der Waals surface area contributed by atoms with Crippen molar-refractivity contribution in [3.05, 3.63) is 141 Å². The number of nitro groups is 1. The summed E-state index contributed by atoms with van der Waals surface area (Å²) in [6.07, 6.45) is -1.39. The van der Waals surface area contributed by atoms with Gasteiger partial charge in [-0.2, -0.15) is 13.2 Å². The van der Waals surface area contributed by atoms with E-state index in [1.807, 2.05) is 10.8 Å². The van der Waals surface area contributed by atoms with Crippen LogP contribution in [0.2, 0.25) is 5.02 Å². The van der Waals surface area contributed by atoms with Crippen LogP contribution in [-0.4, -0.2) is 75.1 Å².